The number of likely N-dealkylation sites (tertiary alicyclic amines) is 1. The summed E-state index contributed by atoms with van der Waals surface area (Å²) in [6.45, 7) is 6.62. The maximum atomic E-state index is 13.1. The summed E-state index contributed by atoms with van der Waals surface area (Å²) in [6, 6.07) is 1.91. The number of rotatable bonds is 4. The highest BCUT2D eigenvalue weighted by atomic mass is 35.5. The summed E-state index contributed by atoms with van der Waals surface area (Å²) in [6.07, 6.45) is 3.37. The van der Waals surface area contributed by atoms with Crippen LogP contribution in [-0.4, -0.2) is 52.3 Å². The lowest BCUT2D eigenvalue weighted by atomic mass is 9.93. The van der Waals surface area contributed by atoms with Gasteiger partial charge in [-0.05, 0) is 58.7 Å². The number of hydrogen-bond donors (Lipinski definition) is 1. The molecule has 0 atom stereocenters. The van der Waals surface area contributed by atoms with E-state index in [1.165, 1.54) is 6.42 Å². The smallest absolute Gasteiger partial charge is 0.254 e. The minimum absolute atomic E-state index is 0. The van der Waals surface area contributed by atoms with Crippen LogP contribution in [-0.2, 0) is 7.05 Å². The van der Waals surface area contributed by atoms with Crippen molar-refractivity contribution in [2.45, 2.75) is 33.1 Å². The molecule has 0 saturated carbocycles. The maximum Gasteiger partial charge on any atom is 0.254 e. The number of carbonyl (C=O) groups excluding carboxylic acids is 1. The van der Waals surface area contributed by atoms with Crippen LogP contribution in [0.1, 0.15) is 41.0 Å². The third-order valence-electron chi connectivity index (χ3n) is 5.03. The van der Waals surface area contributed by atoms with Gasteiger partial charge >= 0.3 is 0 Å². The van der Waals surface area contributed by atoms with Crippen LogP contribution in [0.15, 0.2) is 6.07 Å². The summed E-state index contributed by atoms with van der Waals surface area (Å²) in [4.78, 5) is 19.6. The van der Waals surface area contributed by atoms with E-state index in [0.29, 0.717) is 0 Å². The van der Waals surface area contributed by atoms with E-state index in [0.717, 1.165) is 66.4 Å². The van der Waals surface area contributed by atoms with Crippen LogP contribution in [0, 0.1) is 19.8 Å². The van der Waals surface area contributed by atoms with Gasteiger partial charge in [0.05, 0.1) is 16.6 Å². The Kier molecular flexibility index (Phi) is 8.31. The molecule has 0 aromatic carbocycles. The van der Waals surface area contributed by atoms with Gasteiger partial charge in [-0.3, -0.25) is 9.48 Å². The first kappa shape index (κ1) is 22.7. The Morgan fingerprint density at radius 2 is 1.92 bits per heavy atom. The molecule has 0 aliphatic carbocycles. The van der Waals surface area contributed by atoms with Crippen LogP contribution < -0.4 is 5.32 Å². The monoisotopic (exact) mass is 401 g/mol. The van der Waals surface area contributed by atoms with Crippen LogP contribution in [0.3, 0.4) is 0 Å². The molecule has 0 bridgehead atoms. The molecule has 1 amide bonds. The SMILES string of the molecule is CNCCC1CCN(C(=O)c2cc(C)nc3c2c(C)nn3C)CC1.Cl.Cl. The topological polar surface area (TPSA) is 63.1 Å². The fourth-order valence-electron chi connectivity index (χ4n) is 3.68. The molecule has 3 heterocycles. The molecule has 1 aliphatic rings. The van der Waals surface area contributed by atoms with Gasteiger partial charge in [0, 0.05) is 25.8 Å². The maximum absolute atomic E-state index is 13.1. The third kappa shape index (κ3) is 4.48. The lowest BCUT2D eigenvalue weighted by Gasteiger charge is -2.32. The van der Waals surface area contributed by atoms with Crippen molar-refractivity contribution < 1.29 is 4.79 Å². The van der Waals surface area contributed by atoms with E-state index in [9.17, 15) is 4.79 Å². The van der Waals surface area contributed by atoms with E-state index in [1.54, 1.807) is 4.68 Å². The average Bonchev–Trinajstić information content (AvgIpc) is 2.86. The molecular weight excluding hydrogens is 373 g/mol. The molecule has 1 fully saturated rings. The number of nitrogens with one attached hydrogen (secondary N) is 1. The quantitative estimate of drug-likeness (QED) is 0.854. The summed E-state index contributed by atoms with van der Waals surface area (Å²) in [5.41, 5.74) is 3.27. The Labute approximate surface area is 167 Å². The van der Waals surface area contributed by atoms with Crippen LogP contribution in [0.2, 0.25) is 0 Å². The first-order chi connectivity index (χ1) is 11.5. The number of nitrogens with zero attached hydrogens (tertiary/aromatic N) is 4. The number of hydrogen-bond acceptors (Lipinski definition) is 4. The van der Waals surface area contributed by atoms with Crippen LogP contribution in [0.25, 0.3) is 11.0 Å². The van der Waals surface area contributed by atoms with E-state index in [-0.39, 0.29) is 30.7 Å². The van der Waals surface area contributed by atoms with Crippen molar-refractivity contribution in [1.29, 1.82) is 0 Å². The normalized spacial score (nSPS) is 14.8. The fraction of sp³-hybridized carbons (Fsp3) is 0.611. The molecule has 3 rings (SSSR count). The summed E-state index contributed by atoms with van der Waals surface area (Å²) in [7, 11) is 3.87. The van der Waals surface area contributed by atoms with Gasteiger partial charge in [0.1, 0.15) is 0 Å². The van der Waals surface area contributed by atoms with Crippen molar-refractivity contribution >= 4 is 41.8 Å². The number of amides is 1. The first-order valence-corrected chi connectivity index (χ1v) is 8.76. The van der Waals surface area contributed by atoms with Gasteiger partial charge in [-0.25, -0.2) is 4.98 Å². The van der Waals surface area contributed by atoms with Crippen LogP contribution in [0.5, 0.6) is 0 Å². The molecule has 0 radical (unpaired) electrons. The molecule has 146 valence electrons. The molecule has 2 aromatic heterocycles. The Bertz CT molecular complexity index is 754. The van der Waals surface area contributed by atoms with Crippen molar-refractivity contribution in [3.63, 3.8) is 0 Å². The van der Waals surface area contributed by atoms with Gasteiger partial charge in [-0.2, -0.15) is 5.10 Å². The number of carbonyl (C=O) groups is 1. The Morgan fingerprint density at radius 3 is 2.54 bits per heavy atom. The lowest BCUT2D eigenvalue weighted by molar-refractivity contribution is 0.0689. The summed E-state index contributed by atoms with van der Waals surface area (Å²) >= 11 is 0. The van der Waals surface area contributed by atoms with Crippen molar-refractivity contribution in [3.8, 4) is 0 Å². The zero-order chi connectivity index (χ0) is 17.3. The van der Waals surface area contributed by atoms with E-state index in [1.807, 2.05) is 38.9 Å². The van der Waals surface area contributed by atoms with E-state index in [2.05, 4.69) is 15.4 Å². The summed E-state index contributed by atoms with van der Waals surface area (Å²) < 4.78 is 1.76. The van der Waals surface area contributed by atoms with Crippen molar-refractivity contribution in [2.75, 3.05) is 26.7 Å². The molecule has 1 N–H and O–H groups in total. The number of halogens is 2. The minimum atomic E-state index is 0. The molecule has 1 saturated heterocycles. The molecule has 26 heavy (non-hydrogen) atoms. The second kappa shape index (κ2) is 9.53. The highest BCUT2D eigenvalue weighted by Crippen LogP contribution is 2.26. The third-order valence-corrected chi connectivity index (χ3v) is 5.03. The Hall–Kier alpha value is -1.37. The van der Waals surface area contributed by atoms with Crippen molar-refractivity contribution in [3.05, 3.63) is 23.0 Å². The van der Waals surface area contributed by atoms with Gasteiger partial charge < -0.3 is 10.2 Å². The summed E-state index contributed by atoms with van der Waals surface area (Å²) in [5.74, 6) is 0.842. The molecule has 6 nitrogen and oxygen atoms in total. The predicted octanol–water partition coefficient (Wildman–Crippen LogP) is 2.89. The zero-order valence-electron chi connectivity index (χ0n) is 15.9. The average molecular weight is 402 g/mol. The van der Waals surface area contributed by atoms with Crippen molar-refractivity contribution in [2.24, 2.45) is 13.0 Å². The van der Waals surface area contributed by atoms with Crippen molar-refractivity contribution in [1.82, 2.24) is 25.0 Å². The number of fused-ring (bicyclic) bond motifs is 1. The number of piperidine rings is 1. The summed E-state index contributed by atoms with van der Waals surface area (Å²) in [5, 5.41) is 8.55. The molecule has 0 spiro atoms. The standard InChI is InChI=1S/C18H27N5O.2ClH/c1-12-11-15(16-13(2)21-22(4)17(16)20-12)18(24)23-9-6-14(7-10-23)5-8-19-3;;/h11,14,19H,5-10H2,1-4H3;2*1H. The molecule has 1 aliphatic heterocycles. The van der Waals surface area contributed by atoms with E-state index in [4.69, 9.17) is 0 Å². The second-order valence-electron chi connectivity index (χ2n) is 6.85. The van der Waals surface area contributed by atoms with Gasteiger partial charge in [0.2, 0.25) is 0 Å². The highest BCUT2D eigenvalue weighted by Gasteiger charge is 2.26. The lowest BCUT2D eigenvalue weighted by Crippen LogP contribution is -2.39. The molecule has 2 aromatic rings. The van der Waals surface area contributed by atoms with Gasteiger partial charge in [-0.15, -0.1) is 24.8 Å². The largest absolute Gasteiger partial charge is 0.339 e. The minimum Gasteiger partial charge on any atom is -0.339 e. The first-order valence-electron chi connectivity index (χ1n) is 8.76. The number of aromatic nitrogens is 3. The van der Waals surface area contributed by atoms with E-state index < -0.39 is 0 Å². The Balaban J connectivity index is 0.00000169. The Morgan fingerprint density at radius 1 is 1.27 bits per heavy atom. The number of aryl methyl sites for hydroxylation is 3. The van der Waals surface area contributed by atoms with Crippen LogP contribution >= 0.6 is 24.8 Å². The molecule has 0 unspecified atom stereocenters. The number of pyridine rings is 1. The van der Waals surface area contributed by atoms with Gasteiger partial charge in [0.15, 0.2) is 5.65 Å². The molecule has 8 heteroatoms. The zero-order valence-corrected chi connectivity index (χ0v) is 17.5. The van der Waals surface area contributed by atoms with Crippen LogP contribution in [0.4, 0.5) is 0 Å². The highest BCUT2D eigenvalue weighted by molar-refractivity contribution is 6.06. The van der Waals surface area contributed by atoms with Gasteiger partial charge in [0.25, 0.3) is 5.91 Å². The van der Waals surface area contributed by atoms with Gasteiger partial charge in [-0.1, -0.05) is 0 Å². The predicted molar refractivity (Wildman–Crippen MR) is 110 cm³/mol. The fourth-order valence-corrected chi connectivity index (χ4v) is 3.68. The second-order valence-corrected chi connectivity index (χ2v) is 6.85. The van der Waals surface area contributed by atoms with E-state index >= 15 is 0 Å². The molecular formula is C18H29Cl2N5O.